The van der Waals surface area contributed by atoms with Gasteiger partial charge < -0.3 is 5.73 Å². The Hall–Kier alpha value is 0.310. The topological polar surface area (TPSA) is 26.0 Å². The van der Waals surface area contributed by atoms with Crippen LogP contribution in [0.2, 0.25) is 0 Å². The van der Waals surface area contributed by atoms with E-state index < -0.39 is 0 Å². The molecule has 13 heavy (non-hydrogen) atoms. The van der Waals surface area contributed by atoms with E-state index >= 15 is 0 Å². The summed E-state index contributed by atoms with van der Waals surface area (Å²) in [5.41, 5.74) is 6.01. The van der Waals surface area contributed by atoms with Crippen molar-refractivity contribution in [1.29, 1.82) is 0 Å². The van der Waals surface area contributed by atoms with E-state index in [9.17, 15) is 0 Å². The number of thioether (sulfide) groups is 1. The van der Waals surface area contributed by atoms with Crippen molar-refractivity contribution in [1.82, 2.24) is 0 Å². The van der Waals surface area contributed by atoms with Crippen LogP contribution in [0.1, 0.15) is 52.4 Å². The molecule has 1 saturated carbocycles. The van der Waals surface area contributed by atoms with Gasteiger partial charge in [-0.15, -0.1) is 0 Å². The molecule has 0 aliphatic heterocycles. The molecule has 0 bridgehead atoms. The maximum absolute atomic E-state index is 6.01. The Morgan fingerprint density at radius 1 is 1.31 bits per heavy atom. The predicted octanol–water partition coefficient (Wildman–Crippen LogP) is 3.18. The molecule has 0 spiro atoms. The van der Waals surface area contributed by atoms with Gasteiger partial charge in [0.1, 0.15) is 0 Å². The molecule has 0 heterocycles. The van der Waals surface area contributed by atoms with Gasteiger partial charge in [0.2, 0.25) is 0 Å². The van der Waals surface area contributed by atoms with Gasteiger partial charge in [-0.3, -0.25) is 0 Å². The molecule has 1 nitrogen and oxygen atoms in total. The number of hydrogen-bond acceptors (Lipinski definition) is 2. The first-order valence-corrected chi connectivity index (χ1v) is 6.59. The molecule has 2 atom stereocenters. The quantitative estimate of drug-likeness (QED) is 0.756. The minimum atomic E-state index is 0.395. The lowest BCUT2D eigenvalue weighted by Crippen LogP contribution is -2.31. The van der Waals surface area contributed by atoms with Gasteiger partial charge in [0.05, 0.1) is 0 Å². The molecule has 0 aromatic rings. The number of hydrogen-bond donors (Lipinski definition) is 1. The zero-order chi connectivity index (χ0) is 9.68. The third kappa shape index (κ3) is 3.90. The van der Waals surface area contributed by atoms with E-state index in [1.54, 1.807) is 0 Å². The lowest BCUT2D eigenvalue weighted by atomic mass is 10.0. The van der Waals surface area contributed by atoms with E-state index in [4.69, 9.17) is 5.73 Å². The molecule has 2 heteroatoms. The Morgan fingerprint density at radius 3 is 2.46 bits per heavy atom. The van der Waals surface area contributed by atoms with Gasteiger partial charge in [0.25, 0.3) is 0 Å². The summed E-state index contributed by atoms with van der Waals surface area (Å²) in [6.45, 7) is 4.47. The summed E-state index contributed by atoms with van der Waals surface area (Å²) in [6, 6.07) is 0.395. The van der Waals surface area contributed by atoms with Crippen LogP contribution in [0.15, 0.2) is 0 Å². The molecule has 1 rings (SSSR count). The van der Waals surface area contributed by atoms with Gasteiger partial charge >= 0.3 is 0 Å². The van der Waals surface area contributed by atoms with Crippen molar-refractivity contribution < 1.29 is 0 Å². The van der Waals surface area contributed by atoms with Crippen LogP contribution in [0.5, 0.6) is 0 Å². The van der Waals surface area contributed by atoms with Crippen LogP contribution in [-0.4, -0.2) is 16.5 Å². The lowest BCUT2D eigenvalue weighted by molar-refractivity contribution is 0.512. The van der Waals surface area contributed by atoms with Gasteiger partial charge in [0.15, 0.2) is 0 Å². The highest BCUT2D eigenvalue weighted by Crippen LogP contribution is 2.31. The summed E-state index contributed by atoms with van der Waals surface area (Å²) in [5.74, 6) is 0. The van der Waals surface area contributed by atoms with Crippen LogP contribution in [0.4, 0.5) is 0 Å². The summed E-state index contributed by atoms with van der Waals surface area (Å²) in [4.78, 5) is 0. The fourth-order valence-electron chi connectivity index (χ4n) is 1.94. The Kier molecular flexibility index (Phi) is 5.18. The van der Waals surface area contributed by atoms with Crippen molar-refractivity contribution in [2.24, 2.45) is 5.73 Å². The van der Waals surface area contributed by atoms with Crippen molar-refractivity contribution in [3.05, 3.63) is 0 Å². The maximum Gasteiger partial charge on any atom is 0.0173 e. The van der Waals surface area contributed by atoms with E-state index in [0.717, 1.165) is 11.7 Å². The van der Waals surface area contributed by atoms with Crippen molar-refractivity contribution >= 4 is 11.8 Å². The summed E-state index contributed by atoms with van der Waals surface area (Å²) in [5, 5.41) is 1.55. The second-order valence-electron chi connectivity index (χ2n) is 4.17. The van der Waals surface area contributed by atoms with E-state index in [2.05, 4.69) is 25.6 Å². The predicted molar refractivity (Wildman–Crippen MR) is 62.2 cm³/mol. The molecule has 1 aliphatic rings. The smallest absolute Gasteiger partial charge is 0.0173 e. The zero-order valence-corrected chi connectivity index (χ0v) is 9.78. The lowest BCUT2D eigenvalue weighted by Gasteiger charge is -2.26. The van der Waals surface area contributed by atoms with Crippen molar-refractivity contribution in [2.75, 3.05) is 0 Å². The Labute approximate surface area is 86.8 Å². The van der Waals surface area contributed by atoms with Crippen LogP contribution in [-0.2, 0) is 0 Å². The fourth-order valence-corrected chi connectivity index (χ4v) is 3.54. The molecule has 0 saturated heterocycles. The van der Waals surface area contributed by atoms with Gasteiger partial charge in [0, 0.05) is 16.5 Å². The molecule has 0 radical (unpaired) electrons. The Balaban J connectivity index is 2.21. The molecule has 0 aromatic carbocycles. The second-order valence-corrected chi connectivity index (χ2v) is 5.86. The van der Waals surface area contributed by atoms with Crippen LogP contribution in [0.25, 0.3) is 0 Å². The second kappa shape index (κ2) is 5.92. The minimum Gasteiger partial charge on any atom is -0.327 e. The number of rotatable bonds is 4. The molecular formula is C11H23NS. The molecule has 2 N–H and O–H groups in total. The maximum atomic E-state index is 6.01. The summed E-state index contributed by atoms with van der Waals surface area (Å²) >= 11 is 2.13. The zero-order valence-electron chi connectivity index (χ0n) is 8.96. The largest absolute Gasteiger partial charge is 0.327 e. The first-order chi connectivity index (χ1) is 6.24. The monoisotopic (exact) mass is 201 g/mol. The van der Waals surface area contributed by atoms with E-state index in [0.29, 0.717) is 11.3 Å². The van der Waals surface area contributed by atoms with Gasteiger partial charge in [-0.25, -0.2) is 0 Å². The molecular weight excluding hydrogens is 178 g/mol. The van der Waals surface area contributed by atoms with E-state index in [1.165, 1.54) is 32.1 Å². The van der Waals surface area contributed by atoms with Crippen LogP contribution < -0.4 is 5.73 Å². The van der Waals surface area contributed by atoms with Gasteiger partial charge in [-0.1, -0.05) is 33.1 Å². The first-order valence-electron chi connectivity index (χ1n) is 5.65. The first kappa shape index (κ1) is 11.4. The van der Waals surface area contributed by atoms with Crippen LogP contribution >= 0.6 is 11.8 Å². The molecule has 0 amide bonds. The van der Waals surface area contributed by atoms with Crippen LogP contribution in [0.3, 0.4) is 0 Å². The number of nitrogens with two attached hydrogens (primary N) is 1. The Bertz CT molecular complexity index is 132. The molecule has 78 valence electrons. The van der Waals surface area contributed by atoms with Crippen molar-refractivity contribution in [3.8, 4) is 0 Å². The molecule has 2 unspecified atom stereocenters. The highest BCUT2D eigenvalue weighted by atomic mass is 32.2. The standard InChI is InChI=1S/C11H23NS/c1-3-11(12)9(2)13-10-7-5-4-6-8-10/h9-11H,3-8,12H2,1-2H3. The van der Waals surface area contributed by atoms with Gasteiger partial charge in [-0.05, 0) is 19.3 Å². The molecule has 1 fully saturated rings. The molecule has 0 aromatic heterocycles. The highest BCUT2D eigenvalue weighted by Gasteiger charge is 2.19. The highest BCUT2D eigenvalue weighted by molar-refractivity contribution is 8.00. The minimum absolute atomic E-state index is 0.395. The Morgan fingerprint density at radius 2 is 1.92 bits per heavy atom. The third-order valence-electron chi connectivity index (χ3n) is 3.03. The van der Waals surface area contributed by atoms with E-state index in [1.807, 2.05) is 0 Å². The van der Waals surface area contributed by atoms with E-state index in [-0.39, 0.29) is 0 Å². The summed E-state index contributed by atoms with van der Waals surface area (Å²) < 4.78 is 0. The third-order valence-corrected chi connectivity index (χ3v) is 4.67. The SMILES string of the molecule is CCC(N)C(C)SC1CCCCC1. The normalized spacial score (nSPS) is 24.2. The summed E-state index contributed by atoms with van der Waals surface area (Å²) in [7, 11) is 0. The van der Waals surface area contributed by atoms with Gasteiger partial charge in [-0.2, -0.15) is 11.8 Å². The summed E-state index contributed by atoms with van der Waals surface area (Å²) in [6.07, 6.45) is 8.28. The average Bonchev–Trinajstić information content (AvgIpc) is 2.18. The van der Waals surface area contributed by atoms with Crippen molar-refractivity contribution in [2.45, 2.75) is 68.9 Å². The van der Waals surface area contributed by atoms with Crippen molar-refractivity contribution in [3.63, 3.8) is 0 Å². The molecule has 1 aliphatic carbocycles. The average molecular weight is 201 g/mol. The van der Waals surface area contributed by atoms with Crippen LogP contribution in [0, 0.1) is 0 Å². The fraction of sp³-hybridized carbons (Fsp3) is 1.00.